The highest BCUT2D eigenvalue weighted by Gasteiger charge is 2.46. The number of hydrogen-bond acceptors (Lipinski definition) is 6. The third kappa shape index (κ3) is 5.89. The van der Waals surface area contributed by atoms with E-state index in [9.17, 15) is 9.59 Å². The number of aryl methyl sites for hydroxylation is 2. The van der Waals surface area contributed by atoms with Crippen LogP contribution in [-0.2, 0) is 40.2 Å². The van der Waals surface area contributed by atoms with Gasteiger partial charge in [-0.1, -0.05) is 59.2 Å². The summed E-state index contributed by atoms with van der Waals surface area (Å²) in [5.74, 6) is 0.741. The monoisotopic (exact) mass is 558 g/mol. The second kappa shape index (κ2) is 11.6. The maximum Gasteiger partial charge on any atom is 0.332 e. The van der Waals surface area contributed by atoms with Crippen LogP contribution >= 0.6 is 11.6 Å². The summed E-state index contributed by atoms with van der Waals surface area (Å²) in [6.07, 6.45) is 0.864. The summed E-state index contributed by atoms with van der Waals surface area (Å²) in [5, 5.41) is 7.65. The number of halogens is 1. The van der Waals surface area contributed by atoms with Gasteiger partial charge in [-0.15, -0.1) is 0 Å². The third-order valence-corrected chi connectivity index (χ3v) is 7.52. The van der Waals surface area contributed by atoms with Gasteiger partial charge in [-0.2, -0.15) is 0 Å². The smallest absolute Gasteiger partial charge is 0.332 e. The van der Waals surface area contributed by atoms with E-state index in [0.717, 1.165) is 44.8 Å². The Labute approximate surface area is 238 Å². The predicted molar refractivity (Wildman–Crippen MR) is 152 cm³/mol. The SMILES string of the molecule is CCOC(=O)C1(NC(=O)Cc2ccc(OCc3c(C)noc3C)cc2)Cc2ccc(-c3ccc(Cl)cc3)cc2C1. The lowest BCUT2D eigenvalue weighted by Crippen LogP contribution is -2.56. The number of aromatic nitrogens is 1. The van der Waals surface area contributed by atoms with E-state index in [4.69, 9.17) is 25.6 Å². The molecule has 1 atom stereocenters. The molecule has 1 aromatic heterocycles. The molecular formula is C32H31ClN2O5. The van der Waals surface area contributed by atoms with E-state index in [0.29, 0.717) is 30.2 Å². The van der Waals surface area contributed by atoms with Gasteiger partial charge in [-0.3, -0.25) is 4.79 Å². The van der Waals surface area contributed by atoms with Crippen LogP contribution in [-0.4, -0.2) is 29.2 Å². The molecule has 0 saturated carbocycles. The van der Waals surface area contributed by atoms with Gasteiger partial charge in [0.05, 0.1) is 24.3 Å². The van der Waals surface area contributed by atoms with Crippen LogP contribution in [0.1, 0.15) is 40.6 Å². The number of nitrogens with zero attached hydrogens (tertiary/aromatic N) is 1. The van der Waals surface area contributed by atoms with E-state index in [-0.39, 0.29) is 18.9 Å². The molecule has 5 rings (SSSR count). The normalized spacial score (nSPS) is 15.9. The van der Waals surface area contributed by atoms with Crippen molar-refractivity contribution >= 4 is 23.5 Å². The molecule has 0 aliphatic heterocycles. The number of hydrogen-bond donors (Lipinski definition) is 1. The molecule has 1 aliphatic carbocycles. The summed E-state index contributed by atoms with van der Waals surface area (Å²) < 4.78 is 16.5. The zero-order valence-electron chi connectivity index (χ0n) is 22.8. The second-order valence-corrected chi connectivity index (χ2v) is 10.5. The lowest BCUT2D eigenvalue weighted by Gasteiger charge is -2.28. The average molecular weight is 559 g/mol. The quantitative estimate of drug-likeness (QED) is 0.255. The molecule has 206 valence electrons. The molecule has 4 aromatic rings. The molecule has 1 N–H and O–H groups in total. The van der Waals surface area contributed by atoms with Crippen molar-refractivity contribution in [3.63, 3.8) is 0 Å². The minimum absolute atomic E-state index is 0.123. The Balaban J connectivity index is 1.27. The zero-order chi connectivity index (χ0) is 28.3. The van der Waals surface area contributed by atoms with Crippen LogP contribution in [0, 0.1) is 13.8 Å². The molecule has 1 aliphatic rings. The first-order valence-electron chi connectivity index (χ1n) is 13.3. The largest absolute Gasteiger partial charge is 0.489 e. The highest BCUT2D eigenvalue weighted by atomic mass is 35.5. The molecule has 40 heavy (non-hydrogen) atoms. The van der Waals surface area contributed by atoms with Crippen LogP contribution in [0.3, 0.4) is 0 Å². The fourth-order valence-corrected chi connectivity index (χ4v) is 5.24. The van der Waals surface area contributed by atoms with Gasteiger partial charge in [0.15, 0.2) is 0 Å². The van der Waals surface area contributed by atoms with Crippen LogP contribution < -0.4 is 10.1 Å². The van der Waals surface area contributed by atoms with E-state index >= 15 is 0 Å². The molecule has 1 amide bonds. The maximum atomic E-state index is 13.2. The van der Waals surface area contributed by atoms with Gasteiger partial charge < -0.3 is 19.3 Å². The Morgan fingerprint density at radius 2 is 1.68 bits per heavy atom. The standard InChI is InChI=1S/C32H31ClN2O5/c1-4-38-31(37)32(17-25-8-7-24(16-26(25)18-32)23-9-11-27(33)12-10-23)34-30(36)15-22-5-13-28(14-6-22)39-19-29-20(2)35-40-21(29)3/h5-14,16H,4,15,17-19H2,1-3H3,(H,34,36). The van der Waals surface area contributed by atoms with Crippen molar-refractivity contribution in [2.45, 2.75) is 52.2 Å². The molecule has 8 heteroatoms. The second-order valence-electron chi connectivity index (χ2n) is 10.1. The Kier molecular flexibility index (Phi) is 7.94. The number of esters is 1. The summed E-state index contributed by atoms with van der Waals surface area (Å²) in [6, 6.07) is 21.1. The van der Waals surface area contributed by atoms with Crippen molar-refractivity contribution in [3.8, 4) is 16.9 Å². The first kappa shape index (κ1) is 27.5. The molecule has 1 heterocycles. The lowest BCUT2D eigenvalue weighted by atomic mass is 9.95. The molecular weight excluding hydrogens is 528 g/mol. The summed E-state index contributed by atoms with van der Waals surface area (Å²) >= 11 is 6.05. The van der Waals surface area contributed by atoms with E-state index in [1.807, 2.05) is 74.5 Å². The fraction of sp³-hybridized carbons (Fsp3) is 0.281. The van der Waals surface area contributed by atoms with Gasteiger partial charge in [0, 0.05) is 17.9 Å². The number of ether oxygens (including phenoxy) is 2. The van der Waals surface area contributed by atoms with Crippen LogP contribution in [0.15, 0.2) is 71.3 Å². The Bertz CT molecular complexity index is 1510. The van der Waals surface area contributed by atoms with Crippen LogP contribution in [0.25, 0.3) is 11.1 Å². The van der Waals surface area contributed by atoms with Crippen molar-refractivity contribution in [2.75, 3.05) is 6.61 Å². The summed E-state index contributed by atoms with van der Waals surface area (Å²) in [5.41, 5.74) is 5.48. The molecule has 3 aromatic carbocycles. The Hall–Kier alpha value is -4.10. The van der Waals surface area contributed by atoms with Crippen molar-refractivity contribution in [1.82, 2.24) is 10.5 Å². The number of nitrogens with one attached hydrogen (secondary N) is 1. The summed E-state index contributed by atoms with van der Waals surface area (Å²) in [4.78, 5) is 26.4. The first-order chi connectivity index (χ1) is 19.3. The predicted octanol–water partition coefficient (Wildman–Crippen LogP) is 5.95. The molecule has 0 radical (unpaired) electrons. The van der Waals surface area contributed by atoms with Gasteiger partial charge in [-0.05, 0) is 72.9 Å². The number of carbonyl (C=O) groups is 2. The van der Waals surface area contributed by atoms with Crippen molar-refractivity contribution < 1.29 is 23.6 Å². The van der Waals surface area contributed by atoms with E-state index in [2.05, 4.69) is 16.5 Å². The molecule has 0 bridgehead atoms. The van der Waals surface area contributed by atoms with Crippen LogP contribution in [0.4, 0.5) is 0 Å². The summed E-state index contributed by atoms with van der Waals surface area (Å²) in [6.45, 7) is 6.08. The van der Waals surface area contributed by atoms with Crippen molar-refractivity contribution in [1.29, 1.82) is 0 Å². The van der Waals surface area contributed by atoms with Crippen molar-refractivity contribution in [2.24, 2.45) is 0 Å². The molecule has 0 fully saturated rings. The first-order valence-corrected chi connectivity index (χ1v) is 13.6. The molecule has 7 nitrogen and oxygen atoms in total. The van der Waals surface area contributed by atoms with Gasteiger partial charge in [-0.25, -0.2) is 4.79 Å². The minimum Gasteiger partial charge on any atom is -0.489 e. The Morgan fingerprint density at radius 3 is 2.35 bits per heavy atom. The van der Waals surface area contributed by atoms with E-state index in [1.165, 1.54) is 0 Å². The van der Waals surface area contributed by atoms with Crippen LogP contribution in [0.5, 0.6) is 5.75 Å². The average Bonchev–Trinajstić information content (AvgIpc) is 3.47. The highest BCUT2D eigenvalue weighted by molar-refractivity contribution is 6.30. The van der Waals surface area contributed by atoms with E-state index in [1.54, 1.807) is 6.92 Å². The van der Waals surface area contributed by atoms with E-state index < -0.39 is 11.5 Å². The fourth-order valence-electron chi connectivity index (χ4n) is 5.11. The number of fused-ring (bicyclic) bond motifs is 1. The topological polar surface area (TPSA) is 90.7 Å². The maximum absolute atomic E-state index is 13.2. The third-order valence-electron chi connectivity index (χ3n) is 7.27. The van der Waals surface area contributed by atoms with Gasteiger partial charge >= 0.3 is 5.97 Å². The van der Waals surface area contributed by atoms with Crippen LogP contribution in [0.2, 0.25) is 5.02 Å². The minimum atomic E-state index is -1.15. The van der Waals surface area contributed by atoms with Crippen molar-refractivity contribution in [3.05, 3.63) is 105 Å². The molecule has 0 spiro atoms. The lowest BCUT2D eigenvalue weighted by molar-refractivity contribution is -0.153. The number of benzene rings is 3. The highest BCUT2D eigenvalue weighted by Crippen LogP contribution is 2.35. The molecule has 0 saturated heterocycles. The Morgan fingerprint density at radius 1 is 0.975 bits per heavy atom. The number of amides is 1. The number of rotatable bonds is 9. The summed E-state index contributed by atoms with van der Waals surface area (Å²) in [7, 11) is 0. The van der Waals surface area contributed by atoms with Gasteiger partial charge in [0.2, 0.25) is 5.91 Å². The number of carbonyl (C=O) groups excluding carboxylic acids is 2. The van der Waals surface area contributed by atoms with Gasteiger partial charge in [0.1, 0.15) is 23.7 Å². The van der Waals surface area contributed by atoms with Gasteiger partial charge in [0.25, 0.3) is 0 Å². The zero-order valence-corrected chi connectivity index (χ0v) is 23.5. The molecule has 1 unspecified atom stereocenters.